The number of benzene rings is 1. The summed E-state index contributed by atoms with van der Waals surface area (Å²) in [5.74, 6) is -0.596. The van der Waals surface area contributed by atoms with Gasteiger partial charge < -0.3 is 14.6 Å². The van der Waals surface area contributed by atoms with Gasteiger partial charge in [-0.15, -0.1) is 0 Å². The smallest absolute Gasteiger partial charge is 0.335 e. The molecule has 5 heteroatoms. The normalized spacial score (nSPS) is 18.0. The van der Waals surface area contributed by atoms with Crippen LogP contribution in [-0.4, -0.2) is 39.5 Å². The van der Waals surface area contributed by atoms with Crippen LogP contribution in [0.2, 0.25) is 0 Å². The summed E-state index contributed by atoms with van der Waals surface area (Å²) in [6.07, 6.45) is 3.85. The van der Waals surface area contributed by atoms with Crippen LogP contribution in [0.25, 0.3) is 0 Å². The van der Waals surface area contributed by atoms with Crippen LogP contribution in [0.1, 0.15) is 45.2 Å². The van der Waals surface area contributed by atoms with Gasteiger partial charge >= 0.3 is 5.97 Å². The summed E-state index contributed by atoms with van der Waals surface area (Å²) >= 11 is 0. The first kappa shape index (κ1) is 15.3. The predicted molar refractivity (Wildman–Crippen MR) is 86.7 cm³/mol. The van der Waals surface area contributed by atoms with Crippen molar-refractivity contribution in [3.63, 3.8) is 0 Å². The number of aromatic carboxylic acids is 1. The van der Waals surface area contributed by atoms with E-state index >= 15 is 0 Å². The lowest BCUT2D eigenvalue weighted by atomic mass is 9.90. The van der Waals surface area contributed by atoms with Crippen molar-refractivity contribution in [1.82, 2.24) is 9.47 Å². The van der Waals surface area contributed by atoms with Crippen molar-refractivity contribution in [2.24, 2.45) is 7.05 Å². The second kappa shape index (κ2) is 6.28. The van der Waals surface area contributed by atoms with E-state index in [0.717, 1.165) is 24.9 Å². The number of nitrogens with zero attached hydrogens (tertiary/aromatic N) is 2. The first-order chi connectivity index (χ1) is 11.1. The molecule has 1 atom stereocenters. The molecule has 0 aliphatic carbocycles. The van der Waals surface area contributed by atoms with Crippen LogP contribution < -0.4 is 0 Å². The molecule has 1 aliphatic heterocycles. The number of amides is 1. The third-order valence-corrected chi connectivity index (χ3v) is 4.50. The molecule has 0 spiro atoms. The molecule has 1 aromatic heterocycles. The number of carbonyl (C=O) groups is 2. The van der Waals surface area contributed by atoms with Crippen LogP contribution >= 0.6 is 0 Å². The monoisotopic (exact) mass is 312 g/mol. The standard InChI is InChI=1S/C18H20N2O3/c1-19-10-3-5-16(19)17(21)20-11-2-4-15(12-20)13-6-8-14(9-7-13)18(22)23/h3,5-10,15H,2,4,11-12H2,1H3,(H,22,23)/t15-/m0/s1. The van der Waals surface area contributed by atoms with Crippen LogP contribution in [0, 0.1) is 0 Å². The molecule has 0 bridgehead atoms. The number of carbonyl (C=O) groups excluding carboxylic acids is 1. The van der Waals surface area contributed by atoms with E-state index in [1.54, 1.807) is 12.1 Å². The molecule has 1 aliphatic rings. The van der Waals surface area contributed by atoms with Crippen LogP contribution in [0.15, 0.2) is 42.6 Å². The maximum absolute atomic E-state index is 12.6. The summed E-state index contributed by atoms with van der Waals surface area (Å²) in [7, 11) is 1.87. The zero-order valence-corrected chi connectivity index (χ0v) is 13.1. The average molecular weight is 312 g/mol. The van der Waals surface area contributed by atoms with Crippen molar-refractivity contribution < 1.29 is 14.7 Å². The number of aryl methyl sites for hydroxylation is 1. The quantitative estimate of drug-likeness (QED) is 0.948. The van der Waals surface area contributed by atoms with Crippen molar-refractivity contribution in [1.29, 1.82) is 0 Å². The number of hydrogen-bond donors (Lipinski definition) is 1. The molecule has 1 aromatic carbocycles. The van der Waals surface area contributed by atoms with E-state index in [0.29, 0.717) is 17.8 Å². The maximum Gasteiger partial charge on any atom is 0.335 e. The lowest BCUT2D eigenvalue weighted by Crippen LogP contribution is -2.39. The molecule has 3 rings (SSSR count). The fourth-order valence-electron chi connectivity index (χ4n) is 3.18. The van der Waals surface area contributed by atoms with E-state index in [1.807, 2.05) is 47.0 Å². The number of hydrogen-bond acceptors (Lipinski definition) is 2. The predicted octanol–water partition coefficient (Wildman–Crippen LogP) is 2.74. The Morgan fingerprint density at radius 3 is 2.52 bits per heavy atom. The first-order valence-corrected chi connectivity index (χ1v) is 7.80. The third kappa shape index (κ3) is 3.13. The number of aromatic nitrogens is 1. The van der Waals surface area contributed by atoms with Crippen molar-refractivity contribution >= 4 is 11.9 Å². The van der Waals surface area contributed by atoms with Crippen LogP contribution in [-0.2, 0) is 7.05 Å². The Bertz CT molecular complexity index is 718. The molecule has 0 radical (unpaired) electrons. The molecule has 23 heavy (non-hydrogen) atoms. The zero-order valence-electron chi connectivity index (χ0n) is 13.1. The van der Waals surface area contributed by atoms with E-state index in [-0.39, 0.29) is 11.8 Å². The lowest BCUT2D eigenvalue weighted by Gasteiger charge is -2.33. The summed E-state index contributed by atoms with van der Waals surface area (Å²) in [4.78, 5) is 25.5. The van der Waals surface area contributed by atoms with Gasteiger partial charge in [0.05, 0.1) is 5.56 Å². The number of likely N-dealkylation sites (tertiary alicyclic amines) is 1. The third-order valence-electron chi connectivity index (χ3n) is 4.50. The number of piperidine rings is 1. The van der Waals surface area contributed by atoms with E-state index in [4.69, 9.17) is 5.11 Å². The van der Waals surface area contributed by atoms with Crippen molar-refractivity contribution in [2.45, 2.75) is 18.8 Å². The Labute approximate surface area is 135 Å². The lowest BCUT2D eigenvalue weighted by molar-refractivity contribution is 0.0690. The topological polar surface area (TPSA) is 62.5 Å². The van der Waals surface area contributed by atoms with Gasteiger partial charge in [-0.05, 0) is 42.7 Å². The first-order valence-electron chi connectivity index (χ1n) is 7.80. The van der Waals surface area contributed by atoms with E-state index in [2.05, 4.69) is 0 Å². The minimum atomic E-state index is -0.916. The average Bonchev–Trinajstić information content (AvgIpc) is 3.00. The zero-order chi connectivity index (χ0) is 16.4. The van der Waals surface area contributed by atoms with Gasteiger partial charge in [-0.25, -0.2) is 4.79 Å². The molecule has 5 nitrogen and oxygen atoms in total. The highest BCUT2D eigenvalue weighted by atomic mass is 16.4. The second-order valence-corrected chi connectivity index (χ2v) is 6.02. The van der Waals surface area contributed by atoms with E-state index < -0.39 is 5.97 Å². The van der Waals surface area contributed by atoms with Gasteiger partial charge in [0, 0.05) is 32.3 Å². The molecule has 2 aromatic rings. The SMILES string of the molecule is Cn1cccc1C(=O)N1CCC[C@H](c2ccc(C(=O)O)cc2)C1. The van der Waals surface area contributed by atoms with Gasteiger partial charge in [0.2, 0.25) is 0 Å². The molecule has 0 unspecified atom stereocenters. The Balaban J connectivity index is 1.74. The summed E-state index contributed by atoms with van der Waals surface area (Å²) in [6, 6.07) is 10.7. The summed E-state index contributed by atoms with van der Waals surface area (Å²) < 4.78 is 1.84. The fourth-order valence-corrected chi connectivity index (χ4v) is 3.18. The van der Waals surface area contributed by atoms with Gasteiger partial charge in [-0.2, -0.15) is 0 Å². The van der Waals surface area contributed by atoms with Crippen molar-refractivity contribution in [3.8, 4) is 0 Å². The fraction of sp³-hybridized carbons (Fsp3) is 0.333. The maximum atomic E-state index is 12.6. The van der Waals surface area contributed by atoms with E-state index in [1.165, 1.54) is 0 Å². The number of carboxylic acid groups (broad SMARTS) is 1. The highest BCUT2D eigenvalue weighted by molar-refractivity contribution is 5.93. The highest BCUT2D eigenvalue weighted by Crippen LogP contribution is 2.28. The van der Waals surface area contributed by atoms with Crippen LogP contribution in [0.3, 0.4) is 0 Å². The Morgan fingerprint density at radius 2 is 1.91 bits per heavy atom. The molecule has 1 N–H and O–H groups in total. The molecule has 120 valence electrons. The molecule has 1 saturated heterocycles. The van der Waals surface area contributed by atoms with Gasteiger partial charge in [0.25, 0.3) is 5.91 Å². The summed E-state index contributed by atoms with van der Waals surface area (Å²) in [6.45, 7) is 1.45. The molecule has 1 amide bonds. The second-order valence-electron chi connectivity index (χ2n) is 6.02. The van der Waals surface area contributed by atoms with Gasteiger partial charge in [-0.3, -0.25) is 4.79 Å². The molecular formula is C18H20N2O3. The van der Waals surface area contributed by atoms with Gasteiger partial charge in [-0.1, -0.05) is 12.1 Å². The number of rotatable bonds is 3. The molecular weight excluding hydrogens is 292 g/mol. The molecule has 2 heterocycles. The number of carboxylic acids is 1. The Morgan fingerprint density at radius 1 is 1.17 bits per heavy atom. The van der Waals surface area contributed by atoms with Crippen LogP contribution in [0.5, 0.6) is 0 Å². The molecule has 1 fully saturated rings. The Kier molecular flexibility index (Phi) is 4.19. The highest BCUT2D eigenvalue weighted by Gasteiger charge is 2.26. The Hall–Kier alpha value is -2.56. The largest absolute Gasteiger partial charge is 0.478 e. The van der Waals surface area contributed by atoms with E-state index in [9.17, 15) is 9.59 Å². The van der Waals surface area contributed by atoms with Crippen LogP contribution in [0.4, 0.5) is 0 Å². The van der Waals surface area contributed by atoms with Crippen molar-refractivity contribution in [2.75, 3.05) is 13.1 Å². The van der Waals surface area contributed by atoms with Gasteiger partial charge in [0.1, 0.15) is 5.69 Å². The summed E-state index contributed by atoms with van der Waals surface area (Å²) in [5.41, 5.74) is 2.09. The summed E-state index contributed by atoms with van der Waals surface area (Å²) in [5, 5.41) is 8.98. The minimum Gasteiger partial charge on any atom is -0.478 e. The molecule has 0 saturated carbocycles. The van der Waals surface area contributed by atoms with Crippen molar-refractivity contribution in [3.05, 3.63) is 59.4 Å². The van der Waals surface area contributed by atoms with Gasteiger partial charge in [0.15, 0.2) is 0 Å². The minimum absolute atomic E-state index is 0.0596.